The molecule has 1 aliphatic carbocycles. The number of rotatable bonds is 6. The minimum Gasteiger partial charge on any atom is -0.489 e. The molecular formula is C33H26N2O2S. The highest BCUT2D eigenvalue weighted by Crippen LogP contribution is 2.30. The first-order valence-corrected chi connectivity index (χ1v) is 13.6. The topological polar surface area (TPSA) is 41.9 Å². The number of hydrogen-bond donors (Lipinski definition) is 0. The highest BCUT2D eigenvalue weighted by atomic mass is 32.2. The van der Waals surface area contributed by atoms with E-state index in [0.29, 0.717) is 12.2 Å². The van der Waals surface area contributed by atoms with Crippen molar-refractivity contribution in [3.8, 4) is 5.75 Å². The average molecular weight is 515 g/mol. The number of carbonyl (C=O) groups is 1. The van der Waals surface area contributed by atoms with Gasteiger partial charge in [-0.1, -0.05) is 78.5 Å². The van der Waals surface area contributed by atoms with Crippen molar-refractivity contribution in [1.29, 1.82) is 0 Å². The molecule has 5 heteroatoms. The van der Waals surface area contributed by atoms with Crippen LogP contribution in [0.15, 0.2) is 132 Å². The number of nitrogens with zero attached hydrogens (tertiary/aromatic N) is 2. The molecule has 0 saturated heterocycles. The molecule has 0 saturated carbocycles. The predicted octanol–water partition coefficient (Wildman–Crippen LogP) is 7.43. The molecule has 2 aliphatic rings. The standard InChI is InChI=1S/C33H26N2O2S/c36-32-16-14-30(35(33-34-17-18-38-33)29-9-5-2-6-10-29)21-28(32)20-25-11-12-27-22-31(15-13-26(27)19-25)37-23-24-7-3-1-4-8-24/h1-16,19-22H,17-18,23H2. The van der Waals surface area contributed by atoms with Crippen LogP contribution < -0.4 is 9.64 Å². The number of thioether (sulfide) groups is 1. The molecule has 4 aromatic rings. The molecule has 0 N–H and O–H groups in total. The maximum absolute atomic E-state index is 12.9. The third-order valence-electron chi connectivity index (χ3n) is 6.43. The highest BCUT2D eigenvalue weighted by Gasteiger charge is 2.23. The van der Waals surface area contributed by atoms with Crippen LogP contribution in [0.5, 0.6) is 5.75 Å². The molecule has 1 aliphatic heterocycles. The monoisotopic (exact) mass is 514 g/mol. The van der Waals surface area contributed by atoms with E-state index in [9.17, 15) is 4.79 Å². The number of carbonyl (C=O) groups excluding carboxylic acids is 1. The average Bonchev–Trinajstić information content (AvgIpc) is 3.49. The van der Waals surface area contributed by atoms with E-state index in [0.717, 1.165) is 56.5 Å². The fourth-order valence-electron chi connectivity index (χ4n) is 4.54. The van der Waals surface area contributed by atoms with E-state index in [1.807, 2.05) is 66.8 Å². The summed E-state index contributed by atoms with van der Waals surface area (Å²) in [6.07, 6.45) is 7.44. The van der Waals surface area contributed by atoms with E-state index in [1.165, 1.54) is 0 Å². The number of ketones is 1. The molecular weight excluding hydrogens is 488 g/mol. The van der Waals surface area contributed by atoms with Crippen LogP contribution in [-0.2, 0) is 11.4 Å². The predicted molar refractivity (Wildman–Crippen MR) is 159 cm³/mol. The molecule has 0 amide bonds. The fraction of sp³-hybridized carbons (Fsp3) is 0.0909. The minimum absolute atomic E-state index is 0.00691. The van der Waals surface area contributed by atoms with E-state index in [1.54, 1.807) is 17.8 Å². The van der Waals surface area contributed by atoms with Gasteiger partial charge in [0.2, 0.25) is 0 Å². The lowest BCUT2D eigenvalue weighted by Gasteiger charge is -2.26. The lowest BCUT2D eigenvalue weighted by Crippen LogP contribution is -2.27. The Morgan fingerprint density at radius 1 is 0.868 bits per heavy atom. The molecule has 0 fully saturated rings. The zero-order chi connectivity index (χ0) is 25.7. The van der Waals surface area contributed by atoms with Gasteiger partial charge in [-0.2, -0.15) is 0 Å². The van der Waals surface area contributed by atoms with Crippen molar-refractivity contribution in [2.24, 2.45) is 4.99 Å². The Balaban J connectivity index is 1.27. The minimum atomic E-state index is -0.00691. The first-order chi connectivity index (χ1) is 18.7. The maximum atomic E-state index is 12.9. The van der Waals surface area contributed by atoms with Crippen molar-refractivity contribution in [3.63, 3.8) is 0 Å². The molecule has 0 spiro atoms. The van der Waals surface area contributed by atoms with E-state index in [-0.39, 0.29) is 5.78 Å². The molecule has 0 aromatic heterocycles. The molecule has 38 heavy (non-hydrogen) atoms. The van der Waals surface area contributed by atoms with Crippen molar-refractivity contribution in [3.05, 3.63) is 138 Å². The van der Waals surface area contributed by atoms with Gasteiger partial charge in [0.05, 0.1) is 6.54 Å². The second-order valence-electron chi connectivity index (χ2n) is 9.09. The smallest absolute Gasteiger partial charge is 0.186 e. The fourth-order valence-corrected chi connectivity index (χ4v) is 5.42. The Morgan fingerprint density at radius 2 is 1.63 bits per heavy atom. The van der Waals surface area contributed by atoms with Crippen LogP contribution >= 0.6 is 11.8 Å². The molecule has 0 radical (unpaired) electrons. The van der Waals surface area contributed by atoms with Gasteiger partial charge in [-0.05, 0) is 76.5 Å². The lowest BCUT2D eigenvalue weighted by atomic mass is 9.99. The third kappa shape index (κ3) is 5.34. The van der Waals surface area contributed by atoms with E-state index >= 15 is 0 Å². The number of para-hydroxylation sites is 1. The molecule has 6 rings (SSSR count). The van der Waals surface area contributed by atoms with Gasteiger partial charge in [-0.15, -0.1) is 0 Å². The van der Waals surface area contributed by atoms with Crippen LogP contribution in [0.4, 0.5) is 5.69 Å². The van der Waals surface area contributed by atoms with Gasteiger partial charge in [0.25, 0.3) is 0 Å². The number of allylic oxidation sites excluding steroid dienone is 4. The van der Waals surface area contributed by atoms with E-state index < -0.39 is 0 Å². The molecule has 186 valence electrons. The Labute approximate surface area is 226 Å². The van der Waals surface area contributed by atoms with E-state index in [4.69, 9.17) is 9.73 Å². The van der Waals surface area contributed by atoms with Crippen LogP contribution in [-0.4, -0.2) is 23.2 Å². The Bertz CT molecular complexity index is 1600. The zero-order valence-corrected chi connectivity index (χ0v) is 21.6. The number of ether oxygens (including phenoxy) is 1. The number of hydrogen-bond acceptors (Lipinski definition) is 5. The number of aliphatic imine (C=N–C) groups is 1. The van der Waals surface area contributed by atoms with Crippen LogP contribution in [0.25, 0.3) is 16.8 Å². The Kier molecular flexibility index (Phi) is 6.92. The van der Waals surface area contributed by atoms with Crippen LogP contribution in [0.3, 0.4) is 0 Å². The van der Waals surface area contributed by atoms with Gasteiger partial charge in [0.1, 0.15) is 12.4 Å². The summed E-state index contributed by atoms with van der Waals surface area (Å²) in [5, 5.41) is 3.14. The number of amidine groups is 1. The normalized spacial score (nSPS) is 16.0. The number of benzene rings is 4. The summed E-state index contributed by atoms with van der Waals surface area (Å²) in [7, 11) is 0. The van der Waals surface area contributed by atoms with Gasteiger partial charge in [0, 0.05) is 22.7 Å². The summed E-state index contributed by atoms with van der Waals surface area (Å²) in [5.74, 6) is 1.79. The van der Waals surface area contributed by atoms with Gasteiger partial charge in [-0.3, -0.25) is 14.7 Å². The molecule has 0 atom stereocenters. The van der Waals surface area contributed by atoms with Crippen molar-refractivity contribution in [2.75, 3.05) is 17.2 Å². The maximum Gasteiger partial charge on any atom is 0.186 e. The zero-order valence-electron chi connectivity index (χ0n) is 20.8. The molecule has 0 unspecified atom stereocenters. The summed E-state index contributed by atoms with van der Waals surface area (Å²) in [6.45, 7) is 1.34. The number of anilines is 1. The van der Waals surface area contributed by atoms with Crippen molar-refractivity contribution in [1.82, 2.24) is 0 Å². The van der Waals surface area contributed by atoms with Crippen molar-refractivity contribution in [2.45, 2.75) is 6.61 Å². The molecule has 4 aromatic carbocycles. The third-order valence-corrected chi connectivity index (χ3v) is 7.39. The second-order valence-corrected chi connectivity index (χ2v) is 10.2. The largest absolute Gasteiger partial charge is 0.489 e. The van der Waals surface area contributed by atoms with Gasteiger partial charge in [-0.25, -0.2) is 0 Å². The number of fused-ring (bicyclic) bond motifs is 1. The Hall–Kier alpha value is -4.35. The van der Waals surface area contributed by atoms with Crippen molar-refractivity contribution >= 4 is 45.2 Å². The summed E-state index contributed by atoms with van der Waals surface area (Å²) in [6, 6.07) is 32.7. The lowest BCUT2D eigenvalue weighted by molar-refractivity contribution is -0.111. The summed E-state index contributed by atoms with van der Waals surface area (Å²) in [4.78, 5) is 19.7. The van der Waals surface area contributed by atoms with Crippen LogP contribution in [0.2, 0.25) is 0 Å². The highest BCUT2D eigenvalue weighted by molar-refractivity contribution is 8.14. The van der Waals surface area contributed by atoms with Crippen LogP contribution in [0.1, 0.15) is 11.1 Å². The molecule has 4 nitrogen and oxygen atoms in total. The summed E-state index contributed by atoms with van der Waals surface area (Å²) in [5.41, 5.74) is 4.72. The summed E-state index contributed by atoms with van der Waals surface area (Å²) < 4.78 is 5.99. The first-order valence-electron chi connectivity index (χ1n) is 12.6. The second kappa shape index (κ2) is 11.0. The van der Waals surface area contributed by atoms with Gasteiger partial charge >= 0.3 is 0 Å². The molecule has 0 bridgehead atoms. The quantitative estimate of drug-likeness (QED) is 0.251. The first kappa shape index (κ1) is 24.0. The van der Waals surface area contributed by atoms with Crippen molar-refractivity contribution < 1.29 is 9.53 Å². The van der Waals surface area contributed by atoms with Crippen LogP contribution in [0, 0.1) is 0 Å². The van der Waals surface area contributed by atoms with Gasteiger partial charge in [0.15, 0.2) is 11.0 Å². The Morgan fingerprint density at radius 3 is 2.42 bits per heavy atom. The van der Waals surface area contributed by atoms with E-state index in [2.05, 4.69) is 53.4 Å². The summed E-state index contributed by atoms with van der Waals surface area (Å²) >= 11 is 1.74. The SMILES string of the molecule is O=C1C=CC(N(C2=NCCS2)c2ccccc2)=CC1=Cc1ccc2cc(OCc3ccccc3)ccc2c1. The molecule has 1 heterocycles. The van der Waals surface area contributed by atoms with Gasteiger partial charge < -0.3 is 4.74 Å².